The van der Waals surface area contributed by atoms with Gasteiger partial charge in [0.25, 0.3) is 0 Å². The molecule has 0 aliphatic carbocycles. The molecule has 0 unspecified atom stereocenters. The number of benzene rings is 2. The molecule has 3 heteroatoms. The molecule has 94 valence electrons. The third-order valence-corrected chi connectivity index (χ3v) is 2.59. The van der Waals surface area contributed by atoms with Crippen LogP contribution in [0.5, 0.6) is 0 Å². The number of hydrogen-bond acceptors (Lipinski definition) is 3. The topological polar surface area (TPSA) is 43.4 Å². The average Bonchev–Trinajstić information content (AvgIpc) is 2.76. The molecule has 0 atom stereocenters. The Morgan fingerprint density at radius 2 is 1.26 bits per heavy atom. The minimum absolute atomic E-state index is 0.359. The molecule has 0 bridgehead atoms. The zero-order valence-electron chi connectivity index (χ0n) is 10.2. The maximum absolute atomic E-state index is 10.8. The van der Waals surface area contributed by atoms with Crippen LogP contribution in [0.4, 0.5) is 0 Å². The lowest BCUT2D eigenvalue weighted by Crippen LogP contribution is -1.96. The molecule has 0 saturated carbocycles. The van der Waals surface area contributed by atoms with E-state index in [1.807, 2.05) is 36.4 Å². The van der Waals surface area contributed by atoms with Gasteiger partial charge in [-0.3, -0.25) is 0 Å². The second-order valence-electron chi connectivity index (χ2n) is 3.84. The molecule has 0 saturated heterocycles. The summed E-state index contributed by atoms with van der Waals surface area (Å²) >= 11 is 0. The normalized spacial score (nSPS) is 12.0. The zero-order chi connectivity index (χ0) is 13.7. The van der Waals surface area contributed by atoms with E-state index in [0.29, 0.717) is 11.1 Å². The van der Waals surface area contributed by atoms with E-state index < -0.39 is 11.9 Å². The number of esters is 2. The van der Waals surface area contributed by atoms with Crippen molar-refractivity contribution in [2.24, 2.45) is 0 Å². The highest BCUT2D eigenvalue weighted by atomic mass is 16.6. The Morgan fingerprint density at radius 1 is 0.789 bits per heavy atom. The molecule has 2 aromatic carbocycles. The van der Waals surface area contributed by atoms with E-state index in [4.69, 9.17) is 0 Å². The summed E-state index contributed by atoms with van der Waals surface area (Å²) in [6, 6.07) is 16.6. The molecule has 3 nitrogen and oxygen atoms in total. The van der Waals surface area contributed by atoms with Crippen LogP contribution in [0, 0.1) is 0 Å². The van der Waals surface area contributed by atoms with E-state index in [2.05, 4.69) is 11.3 Å². The lowest BCUT2D eigenvalue weighted by Gasteiger charge is -1.86. The summed E-state index contributed by atoms with van der Waals surface area (Å²) in [5, 5.41) is 0. The summed E-state index contributed by atoms with van der Waals surface area (Å²) in [6.07, 6.45) is 1.83. The van der Waals surface area contributed by atoms with Crippen LogP contribution in [0.1, 0.15) is 26.3 Å². The van der Waals surface area contributed by atoms with Crippen molar-refractivity contribution in [3.8, 4) is 0 Å². The fourth-order valence-electron chi connectivity index (χ4n) is 1.62. The van der Waals surface area contributed by atoms with Gasteiger partial charge in [-0.2, -0.15) is 0 Å². The predicted molar refractivity (Wildman–Crippen MR) is 72.7 cm³/mol. The predicted octanol–water partition coefficient (Wildman–Crippen LogP) is 3.33. The first-order valence-electron chi connectivity index (χ1n) is 5.75. The Morgan fingerprint density at radius 3 is 1.68 bits per heavy atom. The number of carbonyl (C=O) groups is 2. The number of carbonyl (C=O) groups excluding carboxylic acids is 2. The maximum Gasteiger partial charge on any atom is 0.346 e. The number of ether oxygens (including phenoxy) is 1. The Labute approximate surface area is 111 Å². The summed E-state index contributed by atoms with van der Waals surface area (Å²) in [6.45, 7) is 3.63. The monoisotopic (exact) mass is 252 g/mol. The summed E-state index contributed by atoms with van der Waals surface area (Å²) in [5.41, 5.74) is 1.89. The third-order valence-electron chi connectivity index (χ3n) is 2.59. The molecule has 0 N–H and O–H groups in total. The van der Waals surface area contributed by atoms with E-state index in [-0.39, 0.29) is 0 Å². The fraction of sp³-hybridized carbons (Fsp3) is 0. The van der Waals surface area contributed by atoms with Crippen molar-refractivity contribution < 1.29 is 14.3 Å². The highest BCUT2D eigenvalue weighted by Crippen LogP contribution is 2.18. The molecule has 1 heterocycles. The number of hydrogen-bond donors (Lipinski definition) is 0. The highest BCUT2D eigenvalue weighted by molar-refractivity contribution is 6.14. The van der Waals surface area contributed by atoms with Crippen molar-refractivity contribution in [2.75, 3.05) is 0 Å². The van der Waals surface area contributed by atoms with Gasteiger partial charge in [-0.1, -0.05) is 55.1 Å². The summed E-state index contributed by atoms with van der Waals surface area (Å²) < 4.78 is 4.35. The summed E-state index contributed by atoms with van der Waals surface area (Å²) in [4.78, 5) is 21.7. The van der Waals surface area contributed by atoms with Gasteiger partial charge < -0.3 is 4.74 Å². The molecule has 0 spiro atoms. The van der Waals surface area contributed by atoms with E-state index in [1.165, 1.54) is 5.56 Å². The third kappa shape index (κ3) is 2.96. The summed E-state index contributed by atoms with van der Waals surface area (Å²) in [5.74, 6) is -1.10. The Bertz CT molecular complexity index is 582. The molecule has 1 aliphatic heterocycles. The molecule has 0 amide bonds. The van der Waals surface area contributed by atoms with Crippen molar-refractivity contribution in [1.82, 2.24) is 0 Å². The van der Waals surface area contributed by atoms with Crippen LogP contribution in [0.15, 0.2) is 61.2 Å². The Balaban J connectivity index is 0.000000148. The van der Waals surface area contributed by atoms with Crippen LogP contribution in [0.3, 0.4) is 0 Å². The van der Waals surface area contributed by atoms with Crippen molar-refractivity contribution >= 4 is 18.0 Å². The van der Waals surface area contributed by atoms with Crippen LogP contribution in [-0.2, 0) is 4.74 Å². The molecule has 0 fully saturated rings. The maximum atomic E-state index is 10.8. The van der Waals surface area contributed by atoms with Gasteiger partial charge in [-0.15, -0.1) is 0 Å². The number of cyclic esters (lactones) is 2. The largest absolute Gasteiger partial charge is 0.386 e. The van der Waals surface area contributed by atoms with Gasteiger partial charge in [0.1, 0.15) is 0 Å². The zero-order valence-corrected chi connectivity index (χ0v) is 10.2. The molecular weight excluding hydrogens is 240 g/mol. The van der Waals surface area contributed by atoms with Crippen LogP contribution >= 0.6 is 0 Å². The lowest BCUT2D eigenvalue weighted by molar-refractivity contribution is 0.0444. The molecule has 0 aromatic heterocycles. The average molecular weight is 252 g/mol. The van der Waals surface area contributed by atoms with Crippen LogP contribution in [0.25, 0.3) is 6.08 Å². The van der Waals surface area contributed by atoms with Gasteiger partial charge in [0.2, 0.25) is 0 Å². The number of fused-ring (bicyclic) bond motifs is 1. The first-order chi connectivity index (χ1) is 9.22. The van der Waals surface area contributed by atoms with E-state index in [0.717, 1.165) is 0 Å². The van der Waals surface area contributed by atoms with Crippen molar-refractivity contribution in [3.63, 3.8) is 0 Å². The molecule has 0 radical (unpaired) electrons. The molecule has 1 aliphatic rings. The van der Waals surface area contributed by atoms with E-state index in [1.54, 1.807) is 24.3 Å². The molecular formula is C16H12O3. The second kappa shape index (κ2) is 5.78. The Kier molecular flexibility index (Phi) is 3.88. The van der Waals surface area contributed by atoms with E-state index >= 15 is 0 Å². The van der Waals surface area contributed by atoms with Gasteiger partial charge in [-0.25, -0.2) is 9.59 Å². The SMILES string of the molecule is C=Cc1ccccc1.O=C1OC(=O)c2ccccc21. The van der Waals surface area contributed by atoms with Crippen LogP contribution in [-0.4, -0.2) is 11.9 Å². The summed E-state index contributed by atoms with van der Waals surface area (Å²) in [7, 11) is 0. The first-order valence-corrected chi connectivity index (χ1v) is 5.75. The highest BCUT2D eigenvalue weighted by Gasteiger charge is 2.28. The minimum Gasteiger partial charge on any atom is -0.386 e. The molecule has 19 heavy (non-hydrogen) atoms. The van der Waals surface area contributed by atoms with Gasteiger partial charge in [0.15, 0.2) is 0 Å². The Hall–Kier alpha value is -2.68. The fourth-order valence-corrected chi connectivity index (χ4v) is 1.62. The van der Waals surface area contributed by atoms with Gasteiger partial charge in [0.05, 0.1) is 11.1 Å². The van der Waals surface area contributed by atoms with Crippen molar-refractivity contribution in [2.45, 2.75) is 0 Å². The standard InChI is InChI=1S/C8H4O3.C8H8/c9-7-5-3-1-2-4-6(5)8(10)11-7;1-2-8-6-4-3-5-7-8/h1-4H;2-7H,1H2. The van der Waals surface area contributed by atoms with Crippen LogP contribution < -0.4 is 0 Å². The quantitative estimate of drug-likeness (QED) is 0.577. The van der Waals surface area contributed by atoms with E-state index in [9.17, 15) is 9.59 Å². The van der Waals surface area contributed by atoms with Gasteiger partial charge in [0, 0.05) is 0 Å². The second-order valence-corrected chi connectivity index (χ2v) is 3.84. The van der Waals surface area contributed by atoms with Crippen molar-refractivity contribution in [3.05, 3.63) is 77.9 Å². The number of rotatable bonds is 1. The van der Waals surface area contributed by atoms with Crippen molar-refractivity contribution in [1.29, 1.82) is 0 Å². The smallest absolute Gasteiger partial charge is 0.346 e. The van der Waals surface area contributed by atoms with Gasteiger partial charge in [-0.05, 0) is 17.7 Å². The lowest BCUT2D eigenvalue weighted by atomic mass is 10.1. The minimum atomic E-state index is -0.550. The molecule has 3 rings (SSSR count). The molecule has 2 aromatic rings. The first kappa shape index (κ1) is 12.8. The van der Waals surface area contributed by atoms with Gasteiger partial charge >= 0.3 is 11.9 Å². The van der Waals surface area contributed by atoms with Crippen LogP contribution in [0.2, 0.25) is 0 Å².